The van der Waals surface area contributed by atoms with E-state index in [1.54, 1.807) is 24.1 Å². The molecule has 31 heavy (non-hydrogen) atoms. The first-order valence-corrected chi connectivity index (χ1v) is 10.5. The van der Waals surface area contributed by atoms with Crippen molar-refractivity contribution in [1.82, 2.24) is 19.6 Å². The van der Waals surface area contributed by atoms with Gasteiger partial charge in [-0.05, 0) is 17.7 Å². The Bertz CT molecular complexity index is 721. The lowest BCUT2D eigenvalue weighted by Gasteiger charge is -2.36. The molecule has 8 nitrogen and oxygen atoms in total. The van der Waals surface area contributed by atoms with Crippen LogP contribution in [0.4, 0.5) is 8.78 Å². The number of benzene rings is 1. The fraction of sp³-hybridized carbons (Fsp3) is 0.619. The molecule has 0 saturated carbocycles. The predicted octanol–water partition coefficient (Wildman–Crippen LogP) is 0.723. The lowest BCUT2D eigenvalue weighted by atomic mass is 10.2. The number of nitrogens with zero attached hydrogens (tertiary/aromatic N) is 4. The van der Waals surface area contributed by atoms with Gasteiger partial charge in [0.05, 0.1) is 26.3 Å². The average molecular weight is 440 g/mol. The van der Waals surface area contributed by atoms with Crippen molar-refractivity contribution in [3.63, 3.8) is 0 Å². The highest BCUT2D eigenvalue weighted by molar-refractivity contribution is 5.78. The highest BCUT2D eigenvalue weighted by atomic mass is 19.3. The molecule has 0 aromatic heterocycles. The van der Waals surface area contributed by atoms with Crippen LogP contribution in [0.5, 0.6) is 5.75 Å². The van der Waals surface area contributed by atoms with Gasteiger partial charge in [0.1, 0.15) is 5.75 Å². The largest absolute Gasteiger partial charge is 0.435 e. The first-order chi connectivity index (χ1) is 14.9. The number of hydrogen-bond acceptors (Lipinski definition) is 6. The summed E-state index contributed by atoms with van der Waals surface area (Å²) in [6.07, 6.45) is 0. The van der Waals surface area contributed by atoms with Gasteiger partial charge in [0.2, 0.25) is 11.8 Å². The van der Waals surface area contributed by atoms with Gasteiger partial charge in [0, 0.05) is 52.9 Å². The lowest BCUT2D eigenvalue weighted by Crippen LogP contribution is -2.53. The van der Waals surface area contributed by atoms with Gasteiger partial charge >= 0.3 is 6.61 Å². The van der Waals surface area contributed by atoms with Crippen LogP contribution in [0.2, 0.25) is 0 Å². The fourth-order valence-electron chi connectivity index (χ4n) is 3.66. The zero-order valence-electron chi connectivity index (χ0n) is 17.8. The summed E-state index contributed by atoms with van der Waals surface area (Å²) in [4.78, 5) is 32.6. The summed E-state index contributed by atoms with van der Waals surface area (Å²) in [6, 6.07) is 6.28. The van der Waals surface area contributed by atoms with Crippen molar-refractivity contribution in [2.24, 2.45) is 0 Å². The zero-order chi connectivity index (χ0) is 22.2. The van der Waals surface area contributed by atoms with E-state index in [2.05, 4.69) is 14.5 Å². The molecule has 0 radical (unpaired) electrons. The molecule has 2 heterocycles. The standard InChI is InChI=1S/C21H30F2N4O4/c1-24(14-17-2-4-18(5-3-17)31-21(22)23)19(28)15-25-6-8-26(9-7-25)16-20(29)27-10-12-30-13-11-27/h2-5,21H,6-16H2,1H3. The molecule has 3 rings (SSSR count). The third-order valence-electron chi connectivity index (χ3n) is 5.54. The number of alkyl halides is 2. The number of rotatable bonds is 8. The number of halogens is 2. The van der Waals surface area contributed by atoms with E-state index in [-0.39, 0.29) is 17.6 Å². The van der Waals surface area contributed by atoms with E-state index in [1.165, 1.54) is 12.1 Å². The Morgan fingerprint density at radius 2 is 1.58 bits per heavy atom. The van der Waals surface area contributed by atoms with Gasteiger partial charge in [-0.3, -0.25) is 19.4 Å². The van der Waals surface area contributed by atoms with E-state index in [0.29, 0.717) is 45.9 Å². The summed E-state index contributed by atoms with van der Waals surface area (Å²) >= 11 is 0. The molecular formula is C21H30F2N4O4. The number of hydrogen-bond donors (Lipinski definition) is 0. The summed E-state index contributed by atoms with van der Waals surface area (Å²) in [5.74, 6) is 0.223. The summed E-state index contributed by atoms with van der Waals surface area (Å²) < 4.78 is 34.1. The fourth-order valence-corrected chi connectivity index (χ4v) is 3.66. The minimum absolute atomic E-state index is 0.00856. The maximum atomic E-state index is 12.6. The summed E-state index contributed by atoms with van der Waals surface area (Å²) in [5, 5.41) is 0. The van der Waals surface area contributed by atoms with Crippen molar-refractivity contribution in [2.75, 3.05) is 72.6 Å². The van der Waals surface area contributed by atoms with Gasteiger partial charge in [-0.1, -0.05) is 12.1 Å². The zero-order valence-corrected chi connectivity index (χ0v) is 17.8. The van der Waals surface area contributed by atoms with Crippen molar-refractivity contribution in [1.29, 1.82) is 0 Å². The van der Waals surface area contributed by atoms with Crippen LogP contribution in [-0.2, 0) is 20.9 Å². The molecule has 0 aliphatic carbocycles. The maximum Gasteiger partial charge on any atom is 0.387 e. The third kappa shape index (κ3) is 7.41. The van der Waals surface area contributed by atoms with Gasteiger partial charge in [-0.15, -0.1) is 0 Å². The number of morpholine rings is 1. The predicted molar refractivity (Wildman–Crippen MR) is 110 cm³/mol. The van der Waals surface area contributed by atoms with Crippen molar-refractivity contribution in [2.45, 2.75) is 13.2 Å². The summed E-state index contributed by atoms with van der Waals surface area (Å²) in [6.45, 7) is 3.73. The van der Waals surface area contributed by atoms with Gasteiger partial charge in [0.25, 0.3) is 0 Å². The van der Waals surface area contributed by atoms with Crippen molar-refractivity contribution >= 4 is 11.8 Å². The van der Waals surface area contributed by atoms with E-state index < -0.39 is 6.61 Å². The lowest BCUT2D eigenvalue weighted by molar-refractivity contribution is -0.137. The highest BCUT2D eigenvalue weighted by Crippen LogP contribution is 2.16. The van der Waals surface area contributed by atoms with Crippen LogP contribution in [0.15, 0.2) is 24.3 Å². The molecule has 2 aliphatic heterocycles. The number of ether oxygens (including phenoxy) is 2. The molecule has 172 valence electrons. The molecule has 0 atom stereocenters. The monoisotopic (exact) mass is 440 g/mol. The average Bonchev–Trinajstić information content (AvgIpc) is 2.76. The van der Waals surface area contributed by atoms with Crippen molar-refractivity contribution in [3.8, 4) is 5.75 Å². The van der Waals surface area contributed by atoms with E-state index in [9.17, 15) is 18.4 Å². The van der Waals surface area contributed by atoms with Crippen LogP contribution in [0, 0.1) is 0 Å². The number of carbonyl (C=O) groups is 2. The topological polar surface area (TPSA) is 65.6 Å². The van der Waals surface area contributed by atoms with Crippen LogP contribution in [0.1, 0.15) is 5.56 Å². The second-order valence-corrected chi connectivity index (χ2v) is 7.82. The summed E-state index contributed by atoms with van der Waals surface area (Å²) in [7, 11) is 1.73. The van der Waals surface area contributed by atoms with Gasteiger partial charge in [-0.2, -0.15) is 8.78 Å². The Hall–Kier alpha value is -2.30. The Morgan fingerprint density at radius 1 is 1.00 bits per heavy atom. The Balaban J connectivity index is 1.37. The van der Waals surface area contributed by atoms with Crippen molar-refractivity contribution < 1.29 is 27.8 Å². The third-order valence-corrected chi connectivity index (χ3v) is 5.54. The van der Waals surface area contributed by atoms with Crippen LogP contribution in [0.25, 0.3) is 0 Å². The van der Waals surface area contributed by atoms with E-state index >= 15 is 0 Å². The first kappa shape index (κ1) is 23.4. The quantitative estimate of drug-likeness (QED) is 0.594. The van der Waals surface area contributed by atoms with Crippen LogP contribution in [0.3, 0.4) is 0 Å². The molecule has 0 N–H and O–H groups in total. The van der Waals surface area contributed by atoms with Crippen LogP contribution in [-0.4, -0.2) is 111 Å². The molecule has 2 saturated heterocycles. The maximum absolute atomic E-state index is 12.6. The highest BCUT2D eigenvalue weighted by Gasteiger charge is 2.24. The number of likely N-dealkylation sites (N-methyl/N-ethyl adjacent to an activating group) is 1. The molecule has 2 fully saturated rings. The molecule has 2 aliphatic rings. The van der Waals surface area contributed by atoms with Gasteiger partial charge in [-0.25, -0.2) is 0 Å². The van der Waals surface area contributed by atoms with E-state index in [4.69, 9.17) is 4.74 Å². The van der Waals surface area contributed by atoms with E-state index in [1.807, 2.05) is 4.90 Å². The molecular weight excluding hydrogens is 410 g/mol. The van der Waals surface area contributed by atoms with Gasteiger partial charge in [0.15, 0.2) is 0 Å². The minimum Gasteiger partial charge on any atom is -0.435 e. The van der Waals surface area contributed by atoms with E-state index in [0.717, 1.165) is 31.7 Å². The second kappa shape index (κ2) is 11.4. The SMILES string of the molecule is CN(Cc1ccc(OC(F)F)cc1)C(=O)CN1CCN(CC(=O)N2CCOCC2)CC1. The second-order valence-electron chi connectivity index (χ2n) is 7.82. The number of piperazine rings is 1. The number of amides is 2. The first-order valence-electron chi connectivity index (χ1n) is 10.5. The molecule has 1 aromatic carbocycles. The summed E-state index contributed by atoms with van der Waals surface area (Å²) in [5.41, 5.74) is 0.837. The number of carbonyl (C=O) groups excluding carboxylic acids is 2. The van der Waals surface area contributed by atoms with Crippen molar-refractivity contribution in [3.05, 3.63) is 29.8 Å². The molecule has 1 aromatic rings. The van der Waals surface area contributed by atoms with Crippen LogP contribution >= 0.6 is 0 Å². The molecule has 0 unspecified atom stereocenters. The molecule has 10 heteroatoms. The minimum atomic E-state index is -2.85. The molecule has 0 bridgehead atoms. The smallest absolute Gasteiger partial charge is 0.387 e. The Morgan fingerprint density at radius 3 is 2.16 bits per heavy atom. The normalized spacial score (nSPS) is 18.3. The van der Waals surface area contributed by atoms with Gasteiger partial charge < -0.3 is 19.3 Å². The Kier molecular flexibility index (Phi) is 8.56. The molecule has 2 amide bonds. The van der Waals surface area contributed by atoms with Crippen LogP contribution < -0.4 is 4.74 Å². The molecule has 0 spiro atoms. The Labute approximate surface area is 181 Å².